The summed E-state index contributed by atoms with van der Waals surface area (Å²) in [5, 5.41) is 4.85. The van der Waals surface area contributed by atoms with Gasteiger partial charge in [-0.3, -0.25) is 0 Å². The first-order chi connectivity index (χ1) is 8.45. The lowest BCUT2D eigenvalue weighted by molar-refractivity contribution is 0.243. The highest BCUT2D eigenvalue weighted by Gasteiger charge is 2.12. The van der Waals surface area contributed by atoms with Gasteiger partial charge >= 0.3 is 6.03 Å². The molecule has 8 heteroatoms. The molecule has 0 atom stereocenters. The summed E-state index contributed by atoms with van der Waals surface area (Å²) in [7, 11) is -2.04. The third kappa shape index (κ3) is 4.63. The van der Waals surface area contributed by atoms with Gasteiger partial charge in [0.25, 0.3) is 0 Å². The first kappa shape index (κ1) is 14.9. The molecule has 100 valence electrons. The summed E-state index contributed by atoms with van der Waals surface area (Å²) < 4.78 is 26.8. The Balaban J connectivity index is 2.50. The van der Waals surface area contributed by atoms with Gasteiger partial charge in [-0.2, -0.15) is 0 Å². The minimum Gasteiger partial charge on any atom is -0.341 e. The predicted octanol–water partition coefficient (Wildman–Crippen LogP) is 0.656. The van der Waals surface area contributed by atoms with Gasteiger partial charge in [0.05, 0.1) is 4.90 Å². The molecule has 1 rings (SSSR count). The zero-order chi connectivity index (χ0) is 13.6. The maximum absolute atomic E-state index is 11.8. The van der Waals surface area contributed by atoms with Crippen molar-refractivity contribution < 1.29 is 13.2 Å². The van der Waals surface area contributed by atoms with E-state index in [1.165, 1.54) is 19.2 Å². The van der Waals surface area contributed by atoms with Gasteiger partial charge in [-0.05, 0) is 24.3 Å². The molecular formula is C10H14BrN3O3S. The number of halogens is 1. The summed E-state index contributed by atoms with van der Waals surface area (Å²) in [6, 6.07) is 5.95. The van der Waals surface area contributed by atoms with E-state index >= 15 is 0 Å². The van der Waals surface area contributed by atoms with Crippen LogP contribution in [0.4, 0.5) is 4.79 Å². The van der Waals surface area contributed by atoms with E-state index in [4.69, 9.17) is 0 Å². The fourth-order valence-electron chi connectivity index (χ4n) is 1.15. The third-order valence-corrected chi connectivity index (χ3v) is 4.06. The normalized spacial score (nSPS) is 11.0. The van der Waals surface area contributed by atoms with Crippen LogP contribution in [0.2, 0.25) is 0 Å². The van der Waals surface area contributed by atoms with Gasteiger partial charge in [-0.1, -0.05) is 15.9 Å². The fourth-order valence-corrected chi connectivity index (χ4v) is 2.44. The SMILES string of the molecule is CNC(=O)NCCNS(=O)(=O)c1ccc(Br)cc1. The van der Waals surface area contributed by atoms with E-state index in [-0.39, 0.29) is 24.0 Å². The molecule has 0 radical (unpaired) electrons. The smallest absolute Gasteiger partial charge is 0.314 e. The Morgan fingerprint density at radius 2 is 1.83 bits per heavy atom. The Labute approximate surface area is 114 Å². The lowest BCUT2D eigenvalue weighted by Gasteiger charge is -2.07. The Kier molecular flexibility index (Phi) is 5.57. The Morgan fingerprint density at radius 3 is 2.39 bits per heavy atom. The van der Waals surface area contributed by atoms with Crippen molar-refractivity contribution >= 4 is 32.0 Å². The summed E-state index contributed by atoms with van der Waals surface area (Å²) in [6.07, 6.45) is 0. The van der Waals surface area contributed by atoms with E-state index in [0.29, 0.717) is 0 Å². The van der Waals surface area contributed by atoms with E-state index in [1.807, 2.05) is 0 Å². The lowest BCUT2D eigenvalue weighted by Crippen LogP contribution is -2.38. The van der Waals surface area contributed by atoms with Crippen LogP contribution in [-0.2, 0) is 10.0 Å². The van der Waals surface area contributed by atoms with Gasteiger partial charge in [0.2, 0.25) is 10.0 Å². The van der Waals surface area contributed by atoms with E-state index in [0.717, 1.165) is 4.47 Å². The molecule has 0 unspecified atom stereocenters. The van der Waals surface area contributed by atoms with Crippen molar-refractivity contribution in [1.82, 2.24) is 15.4 Å². The molecule has 0 fully saturated rings. The topological polar surface area (TPSA) is 87.3 Å². The molecule has 18 heavy (non-hydrogen) atoms. The molecule has 6 nitrogen and oxygen atoms in total. The van der Waals surface area contributed by atoms with Crippen molar-refractivity contribution in [3.63, 3.8) is 0 Å². The summed E-state index contributed by atoms with van der Waals surface area (Å²) in [5.74, 6) is 0. The molecule has 0 spiro atoms. The number of rotatable bonds is 5. The van der Waals surface area contributed by atoms with Gasteiger partial charge in [0.15, 0.2) is 0 Å². The minimum absolute atomic E-state index is 0.131. The van der Waals surface area contributed by atoms with Crippen molar-refractivity contribution in [1.29, 1.82) is 0 Å². The van der Waals surface area contributed by atoms with E-state index in [9.17, 15) is 13.2 Å². The van der Waals surface area contributed by atoms with Crippen molar-refractivity contribution in [3.8, 4) is 0 Å². The first-order valence-electron chi connectivity index (χ1n) is 5.16. The summed E-state index contributed by atoms with van der Waals surface area (Å²) in [4.78, 5) is 11.0. The average Bonchev–Trinajstić information content (AvgIpc) is 2.35. The molecule has 0 aliphatic rings. The third-order valence-electron chi connectivity index (χ3n) is 2.05. The van der Waals surface area contributed by atoms with Crippen LogP contribution in [0.1, 0.15) is 0 Å². The van der Waals surface area contributed by atoms with Crippen LogP contribution in [-0.4, -0.2) is 34.6 Å². The molecule has 2 amide bonds. The molecule has 0 aliphatic carbocycles. The number of sulfonamides is 1. The number of benzene rings is 1. The zero-order valence-corrected chi connectivity index (χ0v) is 12.1. The largest absolute Gasteiger partial charge is 0.341 e. The molecule has 0 saturated carbocycles. The van der Waals surface area contributed by atoms with Gasteiger partial charge in [0, 0.05) is 24.6 Å². The Morgan fingerprint density at radius 1 is 1.22 bits per heavy atom. The quantitative estimate of drug-likeness (QED) is 0.690. The van der Waals surface area contributed by atoms with Crippen molar-refractivity contribution in [3.05, 3.63) is 28.7 Å². The standard InChI is InChI=1S/C10H14BrN3O3S/c1-12-10(15)13-6-7-14-18(16,17)9-4-2-8(11)3-5-9/h2-5,14H,6-7H2,1H3,(H2,12,13,15). The molecule has 0 saturated heterocycles. The number of carbonyl (C=O) groups is 1. The average molecular weight is 336 g/mol. The van der Waals surface area contributed by atoms with Gasteiger partial charge in [-0.15, -0.1) is 0 Å². The maximum atomic E-state index is 11.8. The number of carbonyl (C=O) groups excluding carboxylic acids is 1. The maximum Gasteiger partial charge on any atom is 0.314 e. The Bertz CT molecular complexity index is 502. The van der Waals surface area contributed by atoms with Gasteiger partial charge in [-0.25, -0.2) is 17.9 Å². The molecule has 3 N–H and O–H groups in total. The monoisotopic (exact) mass is 335 g/mol. The van der Waals surface area contributed by atoms with E-state index < -0.39 is 10.0 Å². The lowest BCUT2D eigenvalue weighted by atomic mass is 10.4. The molecule has 0 heterocycles. The highest BCUT2D eigenvalue weighted by Crippen LogP contribution is 2.14. The van der Waals surface area contributed by atoms with E-state index in [2.05, 4.69) is 31.3 Å². The zero-order valence-electron chi connectivity index (χ0n) is 9.73. The second-order valence-corrected chi connectivity index (χ2v) is 6.04. The van der Waals surface area contributed by atoms with Crippen LogP contribution in [0.15, 0.2) is 33.6 Å². The number of nitrogens with one attached hydrogen (secondary N) is 3. The molecule has 0 bridgehead atoms. The van der Waals surface area contributed by atoms with Crippen molar-refractivity contribution in [2.24, 2.45) is 0 Å². The van der Waals surface area contributed by atoms with Crippen LogP contribution in [0, 0.1) is 0 Å². The number of amides is 2. The van der Waals surface area contributed by atoms with Crippen LogP contribution >= 0.6 is 15.9 Å². The second-order valence-electron chi connectivity index (χ2n) is 3.36. The highest BCUT2D eigenvalue weighted by atomic mass is 79.9. The van der Waals surface area contributed by atoms with Gasteiger partial charge < -0.3 is 10.6 Å². The molecular weight excluding hydrogens is 322 g/mol. The van der Waals surface area contributed by atoms with Crippen LogP contribution in [0.3, 0.4) is 0 Å². The number of hydrogen-bond donors (Lipinski definition) is 3. The first-order valence-corrected chi connectivity index (χ1v) is 7.44. The van der Waals surface area contributed by atoms with Crippen LogP contribution < -0.4 is 15.4 Å². The van der Waals surface area contributed by atoms with E-state index in [1.54, 1.807) is 12.1 Å². The fraction of sp³-hybridized carbons (Fsp3) is 0.300. The van der Waals surface area contributed by atoms with Crippen LogP contribution in [0.5, 0.6) is 0 Å². The summed E-state index contributed by atoms with van der Waals surface area (Å²) >= 11 is 3.23. The summed E-state index contributed by atoms with van der Waals surface area (Å²) in [5.41, 5.74) is 0. The second kappa shape index (κ2) is 6.72. The number of hydrogen-bond acceptors (Lipinski definition) is 3. The number of urea groups is 1. The van der Waals surface area contributed by atoms with Crippen molar-refractivity contribution in [2.45, 2.75) is 4.90 Å². The Hall–Kier alpha value is -1.12. The molecule has 1 aromatic rings. The molecule has 0 aliphatic heterocycles. The summed E-state index contributed by atoms with van der Waals surface area (Å²) in [6.45, 7) is 0.348. The van der Waals surface area contributed by atoms with Crippen molar-refractivity contribution in [2.75, 3.05) is 20.1 Å². The molecule has 1 aromatic carbocycles. The van der Waals surface area contributed by atoms with Crippen LogP contribution in [0.25, 0.3) is 0 Å². The minimum atomic E-state index is -3.52. The predicted molar refractivity (Wildman–Crippen MR) is 71.8 cm³/mol. The van der Waals surface area contributed by atoms with Gasteiger partial charge in [0.1, 0.15) is 0 Å². The highest BCUT2D eigenvalue weighted by molar-refractivity contribution is 9.10. The molecule has 0 aromatic heterocycles.